The zero-order valence-electron chi connectivity index (χ0n) is 23.7. The summed E-state index contributed by atoms with van der Waals surface area (Å²) in [4.78, 5) is 34.5. The summed E-state index contributed by atoms with van der Waals surface area (Å²) in [7, 11) is 0. The van der Waals surface area contributed by atoms with Crippen molar-refractivity contribution in [2.24, 2.45) is 5.41 Å². The minimum Gasteiger partial charge on any atom is -0.444 e. The Morgan fingerprint density at radius 3 is 2.39 bits per heavy atom. The van der Waals surface area contributed by atoms with Gasteiger partial charge in [0, 0.05) is 37.6 Å². The van der Waals surface area contributed by atoms with Crippen LogP contribution in [-0.2, 0) is 4.74 Å². The average Bonchev–Trinajstić information content (AvgIpc) is 2.86. The Morgan fingerprint density at radius 1 is 1.15 bits per heavy atom. The number of benzene rings is 1. The summed E-state index contributed by atoms with van der Waals surface area (Å²) in [6.07, 6.45) is -1.58. The third-order valence-corrected chi connectivity index (χ3v) is 7.20. The third kappa shape index (κ3) is 7.30. The van der Waals surface area contributed by atoms with Crippen LogP contribution in [0.5, 0.6) is 11.6 Å². The number of nitrogens with zero attached hydrogens (tertiary/aromatic N) is 6. The fourth-order valence-electron chi connectivity index (χ4n) is 4.97. The zero-order chi connectivity index (χ0) is 30.1. The Hall–Kier alpha value is -3.35. The number of anilines is 1. The Bertz CT molecular complexity index is 1280. The van der Waals surface area contributed by atoms with Crippen molar-refractivity contribution in [3.8, 4) is 11.6 Å². The SMILES string of the molecule is CC(C)N(CC(F)F)C(=O)c1cc(F)ccc1Oc1nnc(Cl)nc1N1CC2(CCN(C(=O)OC(C)(C)C)CC2)C1. The van der Waals surface area contributed by atoms with Crippen molar-refractivity contribution in [2.45, 2.75) is 65.5 Å². The summed E-state index contributed by atoms with van der Waals surface area (Å²) >= 11 is 6.05. The van der Waals surface area contributed by atoms with Gasteiger partial charge in [0.1, 0.15) is 17.2 Å². The van der Waals surface area contributed by atoms with E-state index in [1.807, 2.05) is 25.7 Å². The molecule has 0 atom stereocenters. The molecule has 41 heavy (non-hydrogen) atoms. The van der Waals surface area contributed by atoms with E-state index in [9.17, 15) is 22.8 Å². The van der Waals surface area contributed by atoms with Gasteiger partial charge in [-0.25, -0.2) is 18.0 Å². The molecule has 2 aliphatic heterocycles. The molecule has 0 unspecified atom stereocenters. The van der Waals surface area contributed by atoms with Gasteiger partial charge in [-0.1, -0.05) is 0 Å². The Morgan fingerprint density at radius 2 is 1.80 bits per heavy atom. The molecule has 0 saturated carbocycles. The first-order chi connectivity index (χ1) is 19.2. The van der Waals surface area contributed by atoms with Crippen molar-refractivity contribution in [2.75, 3.05) is 37.6 Å². The lowest BCUT2D eigenvalue weighted by molar-refractivity contribution is 0.00584. The summed E-state index contributed by atoms with van der Waals surface area (Å²) in [5.41, 5.74) is -0.867. The lowest BCUT2D eigenvalue weighted by atomic mass is 9.72. The number of ether oxygens (including phenoxy) is 2. The molecule has 0 N–H and O–H groups in total. The molecule has 14 heteroatoms. The standard InChI is InChI=1S/C27H34ClF3N6O4/c1-16(2)37(13-20(30)31)23(38)18-12-17(29)6-7-19(18)40-22-21(32-24(28)34-33-22)36-14-27(15-36)8-10-35(11-9-27)25(39)41-26(3,4)5/h6-7,12,16,20H,8-11,13-15H2,1-5H3. The third-order valence-electron chi connectivity index (χ3n) is 7.04. The number of alkyl halides is 2. The Labute approximate surface area is 241 Å². The summed E-state index contributed by atoms with van der Waals surface area (Å²) < 4.78 is 52.0. The van der Waals surface area contributed by atoms with Crippen molar-refractivity contribution < 1.29 is 32.2 Å². The van der Waals surface area contributed by atoms with Gasteiger partial charge in [-0.05, 0) is 77.3 Å². The molecule has 1 aromatic carbocycles. The highest BCUT2D eigenvalue weighted by Gasteiger charge is 2.47. The van der Waals surface area contributed by atoms with E-state index in [0.29, 0.717) is 26.2 Å². The Kier molecular flexibility index (Phi) is 8.86. The first-order valence-corrected chi connectivity index (χ1v) is 13.7. The van der Waals surface area contributed by atoms with Gasteiger partial charge in [0.05, 0.1) is 12.1 Å². The van der Waals surface area contributed by atoms with Crippen LogP contribution in [0.15, 0.2) is 18.2 Å². The van der Waals surface area contributed by atoms with Crippen LogP contribution in [0.4, 0.5) is 23.8 Å². The second kappa shape index (κ2) is 11.9. The van der Waals surface area contributed by atoms with E-state index in [1.54, 1.807) is 18.7 Å². The minimum absolute atomic E-state index is 0.0583. The normalized spacial score (nSPS) is 16.7. The lowest BCUT2D eigenvalue weighted by Crippen LogP contribution is -2.61. The highest BCUT2D eigenvalue weighted by Crippen LogP contribution is 2.45. The van der Waals surface area contributed by atoms with Gasteiger partial charge in [0.2, 0.25) is 5.28 Å². The van der Waals surface area contributed by atoms with Crippen molar-refractivity contribution in [3.05, 3.63) is 34.9 Å². The monoisotopic (exact) mass is 598 g/mol. The average molecular weight is 599 g/mol. The second-order valence-corrected chi connectivity index (χ2v) is 12.1. The summed E-state index contributed by atoms with van der Waals surface area (Å²) in [6.45, 7) is 10.1. The van der Waals surface area contributed by atoms with Crippen LogP contribution in [0.2, 0.25) is 5.28 Å². The largest absolute Gasteiger partial charge is 0.444 e. The number of rotatable bonds is 7. The number of halogens is 4. The predicted molar refractivity (Wildman–Crippen MR) is 145 cm³/mol. The number of carbonyl (C=O) groups excluding carboxylic acids is 2. The number of likely N-dealkylation sites (tertiary alicyclic amines) is 1. The smallest absolute Gasteiger partial charge is 0.410 e. The van der Waals surface area contributed by atoms with E-state index in [1.165, 1.54) is 6.07 Å². The molecule has 0 radical (unpaired) electrons. The topological polar surface area (TPSA) is 101 Å². The van der Waals surface area contributed by atoms with Crippen molar-refractivity contribution in [1.29, 1.82) is 0 Å². The lowest BCUT2D eigenvalue weighted by Gasteiger charge is -2.54. The van der Waals surface area contributed by atoms with E-state index >= 15 is 0 Å². The molecule has 4 rings (SSSR count). The molecule has 1 spiro atoms. The molecule has 2 saturated heterocycles. The van der Waals surface area contributed by atoms with Gasteiger partial charge in [0.15, 0.2) is 5.82 Å². The van der Waals surface area contributed by atoms with Crippen LogP contribution in [0, 0.1) is 11.2 Å². The van der Waals surface area contributed by atoms with Crippen molar-refractivity contribution in [1.82, 2.24) is 25.0 Å². The number of hydrogen-bond acceptors (Lipinski definition) is 8. The maximum Gasteiger partial charge on any atom is 0.410 e. The van der Waals surface area contributed by atoms with Crippen LogP contribution < -0.4 is 9.64 Å². The molecule has 2 amide bonds. The molecular weight excluding hydrogens is 565 g/mol. The van der Waals surface area contributed by atoms with E-state index in [0.717, 1.165) is 29.9 Å². The van der Waals surface area contributed by atoms with Crippen molar-refractivity contribution in [3.63, 3.8) is 0 Å². The highest BCUT2D eigenvalue weighted by atomic mass is 35.5. The molecule has 224 valence electrons. The van der Waals surface area contributed by atoms with Gasteiger partial charge in [0.25, 0.3) is 18.2 Å². The Balaban J connectivity index is 1.50. The molecule has 2 fully saturated rings. The molecular formula is C27H34ClF3N6O4. The molecule has 2 aliphatic rings. The van der Waals surface area contributed by atoms with E-state index in [-0.39, 0.29) is 39.8 Å². The van der Waals surface area contributed by atoms with Gasteiger partial charge in [-0.3, -0.25) is 4.79 Å². The van der Waals surface area contributed by atoms with Crippen LogP contribution in [0.1, 0.15) is 57.8 Å². The zero-order valence-corrected chi connectivity index (χ0v) is 24.4. The summed E-state index contributed by atoms with van der Waals surface area (Å²) in [5, 5.41) is 7.66. The molecule has 2 aromatic rings. The van der Waals surface area contributed by atoms with Gasteiger partial charge in [-0.15, -0.1) is 10.2 Å². The van der Waals surface area contributed by atoms with Crippen molar-refractivity contribution >= 4 is 29.4 Å². The number of piperidine rings is 1. The number of aromatic nitrogens is 3. The maximum atomic E-state index is 14.2. The fourth-order valence-corrected chi connectivity index (χ4v) is 5.09. The van der Waals surface area contributed by atoms with E-state index in [4.69, 9.17) is 21.1 Å². The highest BCUT2D eigenvalue weighted by molar-refractivity contribution is 6.28. The number of carbonyl (C=O) groups is 2. The molecule has 0 aliphatic carbocycles. The van der Waals surface area contributed by atoms with Crippen LogP contribution in [0.3, 0.4) is 0 Å². The first kappa shape index (κ1) is 30.6. The van der Waals surface area contributed by atoms with Crippen LogP contribution in [0.25, 0.3) is 0 Å². The summed E-state index contributed by atoms with van der Waals surface area (Å²) in [6, 6.07) is 2.69. The van der Waals surface area contributed by atoms with Crippen LogP contribution >= 0.6 is 11.6 Å². The first-order valence-electron chi connectivity index (χ1n) is 13.4. The number of hydrogen-bond donors (Lipinski definition) is 0. The molecule has 10 nitrogen and oxygen atoms in total. The quantitative estimate of drug-likeness (QED) is 0.417. The fraction of sp³-hybridized carbons (Fsp3) is 0.593. The van der Waals surface area contributed by atoms with Crippen LogP contribution in [-0.4, -0.2) is 87.8 Å². The second-order valence-electron chi connectivity index (χ2n) is 11.7. The molecule has 3 heterocycles. The summed E-state index contributed by atoms with van der Waals surface area (Å²) in [5.74, 6) is -1.42. The van der Waals surface area contributed by atoms with Gasteiger partial charge < -0.3 is 24.2 Å². The molecule has 1 aromatic heterocycles. The van der Waals surface area contributed by atoms with Gasteiger partial charge >= 0.3 is 6.09 Å². The minimum atomic E-state index is -2.77. The maximum absolute atomic E-state index is 14.2. The van der Waals surface area contributed by atoms with E-state index in [2.05, 4.69) is 15.2 Å². The number of amides is 2. The van der Waals surface area contributed by atoms with E-state index < -0.39 is 36.3 Å². The molecule has 0 bridgehead atoms. The van der Waals surface area contributed by atoms with Gasteiger partial charge in [-0.2, -0.15) is 4.98 Å². The predicted octanol–water partition coefficient (Wildman–Crippen LogP) is 5.41.